The maximum atomic E-state index is 5.64. The lowest BCUT2D eigenvalue weighted by Gasteiger charge is -1.91. The molecule has 1 aromatic carbocycles. The molecule has 0 fully saturated rings. The highest BCUT2D eigenvalue weighted by Gasteiger charge is 2.11. The van der Waals surface area contributed by atoms with Gasteiger partial charge >= 0.3 is 0 Å². The first-order chi connectivity index (χ1) is 6.77. The summed E-state index contributed by atoms with van der Waals surface area (Å²) >= 11 is 11.3. The third kappa shape index (κ3) is 1.91. The Hall–Kier alpha value is -0.990. The molecule has 2 rings (SSSR count). The molecule has 14 heavy (non-hydrogen) atoms. The zero-order valence-electron chi connectivity index (χ0n) is 7.15. The van der Waals surface area contributed by atoms with Crippen LogP contribution in [0.3, 0.4) is 0 Å². The van der Waals surface area contributed by atoms with Gasteiger partial charge in [-0.3, -0.25) is 0 Å². The molecular weight excluding hydrogens is 221 g/mol. The number of hydrogen-bond acceptors (Lipinski definition) is 2. The van der Waals surface area contributed by atoms with Crippen molar-refractivity contribution in [3.05, 3.63) is 42.2 Å². The summed E-state index contributed by atoms with van der Waals surface area (Å²) in [7, 11) is 0. The summed E-state index contributed by atoms with van der Waals surface area (Å²) in [6, 6.07) is 11.4. The standard InChI is InChI=1S/C10H7Cl2NO/c11-10(12)9-6-8(13-14-9)7-4-2-1-3-5-7/h1-6,10H. The normalized spacial score (nSPS) is 10.8. The fourth-order valence-electron chi connectivity index (χ4n) is 1.14. The molecule has 1 aromatic heterocycles. The number of halogens is 2. The molecular formula is C10H7Cl2NO. The minimum absolute atomic E-state index is 0.465. The number of nitrogens with zero attached hydrogens (tertiary/aromatic N) is 1. The molecule has 0 saturated heterocycles. The van der Waals surface area contributed by atoms with Crippen LogP contribution in [-0.2, 0) is 0 Å². The van der Waals surface area contributed by atoms with E-state index in [-0.39, 0.29) is 0 Å². The van der Waals surface area contributed by atoms with Crippen LogP contribution in [-0.4, -0.2) is 5.16 Å². The zero-order chi connectivity index (χ0) is 9.97. The highest BCUT2D eigenvalue weighted by atomic mass is 35.5. The Morgan fingerprint density at radius 1 is 1.14 bits per heavy atom. The summed E-state index contributed by atoms with van der Waals surface area (Å²) in [5, 5.41) is 3.86. The molecule has 0 unspecified atom stereocenters. The molecule has 0 spiro atoms. The van der Waals surface area contributed by atoms with Crippen LogP contribution in [0.25, 0.3) is 11.3 Å². The van der Waals surface area contributed by atoms with Crippen LogP contribution in [0.1, 0.15) is 10.6 Å². The Morgan fingerprint density at radius 3 is 2.43 bits per heavy atom. The summed E-state index contributed by atoms with van der Waals surface area (Å²) in [5.41, 5.74) is 1.73. The Kier molecular flexibility index (Phi) is 2.75. The van der Waals surface area contributed by atoms with Crippen molar-refractivity contribution < 1.29 is 4.52 Å². The van der Waals surface area contributed by atoms with Gasteiger partial charge < -0.3 is 4.52 Å². The molecule has 0 amide bonds. The van der Waals surface area contributed by atoms with E-state index in [2.05, 4.69) is 5.16 Å². The fourth-order valence-corrected chi connectivity index (χ4v) is 1.34. The number of alkyl halides is 2. The first-order valence-corrected chi connectivity index (χ1v) is 4.95. The maximum absolute atomic E-state index is 5.64. The molecule has 4 heteroatoms. The fraction of sp³-hybridized carbons (Fsp3) is 0.100. The molecule has 2 nitrogen and oxygen atoms in total. The smallest absolute Gasteiger partial charge is 0.170 e. The average molecular weight is 228 g/mol. The van der Waals surface area contributed by atoms with Gasteiger partial charge in [0, 0.05) is 11.6 Å². The van der Waals surface area contributed by atoms with E-state index in [1.54, 1.807) is 6.07 Å². The zero-order valence-corrected chi connectivity index (χ0v) is 8.66. The molecule has 0 aliphatic heterocycles. The lowest BCUT2D eigenvalue weighted by Crippen LogP contribution is -1.74. The van der Waals surface area contributed by atoms with Gasteiger partial charge in [0.25, 0.3) is 0 Å². The summed E-state index contributed by atoms with van der Waals surface area (Å²) in [6.07, 6.45) is 0. The summed E-state index contributed by atoms with van der Waals surface area (Å²) < 4.78 is 4.97. The second kappa shape index (κ2) is 4.03. The molecule has 0 saturated carbocycles. The molecule has 0 bridgehead atoms. The van der Waals surface area contributed by atoms with Gasteiger partial charge in [0.05, 0.1) is 0 Å². The number of aromatic nitrogens is 1. The number of benzene rings is 1. The minimum atomic E-state index is -0.667. The predicted molar refractivity (Wildman–Crippen MR) is 56.4 cm³/mol. The number of rotatable bonds is 2. The lowest BCUT2D eigenvalue weighted by molar-refractivity contribution is 0.394. The summed E-state index contributed by atoms with van der Waals surface area (Å²) in [4.78, 5) is -0.667. The van der Waals surface area contributed by atoms with E-state index in [9.17, 15) is 0 Å². The first kappa shape index (κ1) is 9.56. The summed E-state index contributed by atoms with van der Waals surface area (Å²) in [6.45, 7) is 0. The highest BCUT2D eigenvalue weighted by molar-refractivity contribution is 6.43. The van der Waals surface area contributed by atoms with Crippen LogP contribution in [0.5, 0.6) is 0 Å². The van der Waals surface area contributed by atoms with Crippen LogP contribution >= 0.6 is 23.2 Å². The van der Waals surface area contributed by atoms with E-state index >= 15 is 0 Å². The van der Waals surface area contributed by atoms with E-state index in [4.69, 9.17) is 27.7 Å². The molecule has 0 radical (unpaired) electrons. The average Bonchev–Trinajstić information content (AvgIpc) is 2.68. The molecule has 0 atom stereocenters. The van der Waals surface area contributed by atoms with Gasteiger partial charge in [0.15, 0.2) is 10.6 Å². The second-order valence-electron chi connectivity index (χ2n) is 2.78. The van der Waals surface area contributed by atoms with Crippen molar-refractivity contribution in [2.75, 3.05) is 0 Å². The monoisotopic (exact) mass is 227 g/mol. The van der Waals surface area contributed by atoms with Gasteiger partial charge in [-0.15, -0.1) is 0 Å². The van der Waals surface area contributed by atoms with Crippen molar-refractivity contribution in [2.24, 2.45) is 0 Å². The van der Waals surface area contributed by atoms with Crippen LogP contribution < -0.4 is 0 Å². The van der Waals surface area contributed by atoms with E-state index in [1.165, 1.54) is 0 Å². The van der Waals surface area contributed by atoms with E-state index in [1.807, 2.05) is 30.3 Å². The third-order valence-electron chi connectivity index (χ3n) is 1.81. The van der Waals surface area contributed by atoms with Crippen LogP contribution in [0, 0.1) is 0 Å². The Bertz CT molecular complexity index is 411. The van der Waals surface area contributed by atoms with Crippen molar-refractivity contribution in [1.29, 1.82) is 0 Å². The first-order valence-electron chi connectivity index (χ1n) is 4.07. The van der Waals surface area contributed by atoms with Crippen molar-refractivity contribution in [1.82, 2.24) is 5.16 Å². The lowest BCUT2D eigenvalue weighted by atomic mass is 10.1. The Balaban J connectivity index is 2.34. The maximum Gasteiger partial charge on any atom is 0.170 e. The second-order valence-corrected chi connectivity index (χ2v) is 3.88. The molecule has 72 valence electrons. The van der Waals surface area contributed by atoms with Crippen molar-refractivity contribution in [3.63, 3.8) is 0 Å². The van der Waals surface area contributed by atoms with E-state index in [0.29, 0.717) is 5.76 Å². The van der Waals surface area contributed by atoms with Crippen molar-refractivity contribution in [3.8, 4) is 11.3 Å². The van der Waals surface area contributed by atoms with Gasteiger partial charge in [0.1, 0.15) is 5.69 Å². The van der Waals surface area contributed by atoms with Crippen molar-refractivity contribution >= 4 is 23.2 Å². The number of hydrogen-bond donors (Lipinski definition) is 0. The molecule has 0 N–H and O–H groups in total. The molecule has 0 aliphatic rings. The Morgan fingerprint density at radius 2 is 1.86 bits per heavy atom. The molecule has 1 heterocycles. The van der Waals surface area contributed by atoms with Gasteiger partial charge in [-0.2, -0.15) is 0 Å². The van der Waals surface area contributed by atoms with E-state index in [0.717, 1.165) is 11.3 Å². The van der Waals surface area contributed by atoms with Gasteiger partial charge in [-0.25, -0.2) is 0 Å². The quantitative estimate of drug-likeness (QED) is 0.730. The molecule has 0 aliphatic carbocycles. The highest BCUT2D eigenvalue weighted by Crippen LogP contribution is 2.28. The third-order valence-corrected chi connectivity index (χ3v) is 2.24. The van der Waals surface area contributed by atoms with Crippen LogP contribution in [0.15, 0.2) is 40.9 Å². The van der Waals surface area contributed by atoms with Crippen LogP contribution in [0.4, 0.5) is 0 Å². The van der Waals surface area contributed by atoms with Crippen LogP contribution in [0.2, 0.25) is 0 Å². The SMILES string of the molecule is ClC(Cl)c1cc(-c2ccccc2)no1. The van der Waals surface area contributed by atoms with Crippen molar-refractivity contribution in [2.45, 2.75) is 4.84 Å². The predicted octanol–water partition coefficient (Wildman–Crippen LogP) is 3.82. The topological polar surface area (TPSA) is 26.0 Å². The van der Waals surface area contributed by atoms with Gasteiger partial charge in [-0.05, 0) is 0 Å². The largest absolute Gasteiger partial charge is 0.358 e. The molecule has 2 aromatic rings. The minimum Gasteiger partial charge on any atom is -0.358 e. The van der Waals surface area contributed by atoms with Gasteiger partial charge in [0.2, 0.25) is 0 Å². The van der Waals surface area contributed by atoms with E-state index < -0.39 is 4.84 Å². The summed E-state index contributed by atoms with van der Waals surface area (Å²) in [5.74, 6) is 0.465. The Labute approximate surface area is 91.4 Å². The van der Waals surface area contributed by atoms with Gasteiger partial charge in [-0.1, -0.05) is 58.7 Å².